The zero-order chi connectivity index (χ0) is 11.2. The molecule has 0 bridgehead atoms. The molecule has 1 aliphatic heterocycles. The summed E-state index contributed by atoms with van der Waals surface area (Å²) in [6.07, 6.45) is 2.30. The van der Waals surface area contributed by atoms with Crippen molar-refractivity contribution < 1.29 is 4.74 Å². The summed E-state index contributed by atoms with van der Waals surface area (Å²) in [7, 11) is 0. The van der Waals surface area contributed by atoms with E-state index in [-0.39, 0.29) is 0 Å². The first-order valence-electron chi connectivity index (χ1n) is 5.87. The highest BCUT2D eigenvalue weighted by molar-refractivity contribution is 7.99. The number of hydrogen-bond acceptors (Lipinski definition) is 3. The van der Waals surface area contributed by atoms with Crippen molar-refractivity contribution in [3.63, 3.8) is 0 Å². The summed E-state index contributed by atoms with van der Waals surface area (Å²) in [4.78, 5) is 0. The molecule has 0 saturated carbocycles. The fraction of sp³-hybridized carbons (Fsp3) is 0.538. The van der Waals surface area contributed by atoms with E-state index >= 15 is 0 Å². The van der Waals surface area contributed by atoms with Crippen LogP contribution in [0, 0.1) is 5.92 Å². The van der Waals surface area contributed by atoms with Crippen LogP contribution in [-0.2, 0) is 0 Å². The molecule has 2 atom stereocenters. The van der Waals surface area contributed by atoms with Crippen LogP contribution in [0.5, 0.6) is 5.75 Å². The van der Waals surface area contributed by atoms with E-state index in [0.29, 0.717) is 12.0 Å². The number of benzene rings is 1. The maximum absolute atomic E-state index is 6.01. The van der Waals surface area contributed by atoms with Crippen molar-refractivity contribution in [3.8, 4) is 5.75 Å². The van der Waals surface area contributed by atoms with Crippen molar-refractivity contribution in [2.24, 2.45) is 11.7 Å². The van der Waals surface area contributed by atoms with Crippen molar-refractivity contribution in [2.45, 2.75) is 18.9 Å². The standard InChI is InChI=1S/C13H19NOS/c14-13-10-16-9-11(13)5-4-8-15-12-6-2-1-3-7-12/h1-3,6-7,11,13H,4-5,8-10,14H2. The monoisotopic (exact) mass is 237 g/mol. The van der Waals surface area contributed by atoms with Gasteiger partial charge < -0.3 is 10.5 Å². The number of ether oxygens (including phenoxy) is 1. The molecule has 3 heteroatoms. The average molecular weight is 237 g/mol. The van der Waals surface area contributed by atoms with Gasteiger partial charge >= 0.3 is 0 Å². The van der Waals surface area contributed by atoms with E-state index in [0.717, 1.165) is 24.5 Å². The first kappa shape index (κ1) is 11.8. The maximum Gasteiger partial charge on any atom is 0.119 e. The maximum atomic E-state index is 6.01. The average Bonchev–Trinajstić information content (AvgIpc) is 2.72. The summed E-state index contributed by atoms with van der Waals surface area (Å²) >= 11 is 1.98. The van der Waals surface area contributed by atoms with Crippen LogP contribution in [0.1, 0.15) is 12.8 Å². The molecule has 2 nitrogen and oxygen atoms in total. The van der Waals surface area contributed by atoms with E-state index < -0.39 is 0 Å². The quantitative estimate of drug-likeness (QED) is 0.799. The number of hydrogen-bond donors (Lipinski definition) is 1. The number of nitrogens with two attached hydrogens (primary N) is 1. The Hall–Kier alpha value is -0.670. The molecule has 1 aromatic carbocycles. The highest BCUT2D eigenvalue weighted by Gasteiger charge is 2.23. The summed E-state index contributed by atoms with van der Waals surface area (Å²) < 4.78 is 5.65. The van der Waals surface area contributed by atoms with E-state index in [9.17, 15) is 0 Å². The molecule has 16 heavy (non-hydrogen) atoms. The summed E-state index contributed by atoms with van der Waals surface area (Å²) in [5.41, 5.74) is 6.01. The second-order valence-corrected chi connectivity index (χ2v) is 5.34. The third kappa shape index (κ3) is 3.42. The Balaban J connectivity index is 1.62. The number of rotatable bonds is 5. The Morgan fingerprint density at radius 3 is 2.75 bits per heavy atom. The zero-order valence-corrected chi connectivity index (χ0v) is 10.3. The Labute approximate surface area is 102 Å². The highest BCUT2D eigenvalue weighted by atomic mass is 32.2. The van der Waals surface area contributed by atoms with Crippen LogP contribution in [-0.4, -0.2) is 24.2 Å². The van der Waals surface area contributed by atoms with Crippen LogP contribution in [0.2, 0.25) is 0 Å². The Morgan fingerprint density at radius 2 is 2.06 bits per heavy atom. The van der Waals surface area contributed by atoms with Crippen molar-refractivity contribution in [2.75, 3.05) is 18.1 Å². The lowest BCUT2D eigenvalue weighted by Crippen LogP contribution is -2.28. The molecule has 2 rings (SSSR count). The molecule has 1 heterocycles. The smallest absolute Gasteiger partial charge is 0.119 e. The summed E-state index contributed by atoms with van der Waals surface area (Å²) in [6.45, 7) is 0.803. The largest absolute Gasteiger partial charge is 0.494 e. The van der Waals surface area contributed by atoms with Gasteiger partial charge in [-0.05, 0) is 36.6 Å². The molecule has 0 aromatic heterocycles. The normalized spacial score (nSPS) is 24.6. The topological polar surface area (TPSA) is 35.2 Å². The van der Waals surface area contributed by atoms with Crippen molar-refractivity contribution in [3.05, 3.63) is 30.3 Å². The van der Waals surface area contributed by atoms with Crippen LogP contribution in [0.15, 0.2) is 30.3 Å². The predicted octanol–water partition coefficient (Wildman–Crippen LogP) is 2.54. The van der Waals surface area contributed by atoms with Crippen LogP contribution < -0.4 is 10.5 Å². The first-order chi connectivity index (χ1) is 7.86. The lowest BCUT2D eigenvalue weighted by Gasteiger charge is -2.14. The van der Waals surface area contributed by atoms with E-state index in [1.165, 1.54) is 12.2 Å². The van der Waals surface area contributed by atoms with Gasteiger partial charge in [-0.15, -0.1) is 0 Å². The molecule has 0 radical (unpaired) electrons. The molecule has 0 aliphatic carbocycles. The van der Waals surface area contributed by atoms with Crippen LogP contribution in [0.4, 0.5) is 0 Å². The van der Waals surface area contributed by atoms with Crippen molar-refractivity contribution >= 4 is 11.8 Å². The second-order valence-electron chi connectivity index (χ2n) is 4.27. The molecule has 2 N–H and O–H groups in total. The lowest BCUT2D eigenvalue weighted by molar-refractivity contribution is 0.292. The van der Waals surface area contributed by atoms with Gasteiger partial charge in [-0.1, -0.05) is 18.2 Å². The van der Waals surface area contributed by atoms with Gasteiger partial charge in [0.15, 0.2) is 0 Å². The van der Waals surface area contributed by atoms with Gasteiger partial charge in [0.05, 0.1) is 6.61 Å². The molecule has 0 amide bonds. The molecule has 1 fully saturated rings. The molecule has 0 spiro atoms. The number of para-hydroxylation sites is 1. The van der Waals surface area contributed by atoms with E-state index in [1.54, 1.807) is 0 Å². The fourth-order valence-corrected chi connectivity index (χ4v) is 3.36. The van der Waals surface area contributed by atoms with E-state index in [2.05, 4.69) is 0 Å². The molecular weight excluding hydrogens is 218 g/mol. The molecule has 1 saturated heterocycles. The summed E-state index contributed by atoms with van der Waals surface area (Å²) in [5.74, 6) is 4.02. The van der Waals surface area contributed by atoms with Gasteiger partial charge in [-0.25, -0.2) is 0 Å². The van der Waals surface area contributed by atoms with Gasteiger partial charge in [0, 0.05) is 11.8 Å². The van der Waals surface area contributed by atoms with Crippen LogP contribution in [0.3, 0.4) is 0 Å². The fourth-order valence-electron chi connectivity index (χ4n) is 1.96. The van der Waals surface area contributed by atoms with Crippen LogP contribution >= 0.6 is 11.8 Å². The SMILES string of the molecule is NC1CSCC1CCCOc1ccccc1. The number of thioether (sulfide) groups is 1. The first-order valence-corrected chi connectivity index (χ1v) is 7.03. The predicted molar refractivity (Wildman–Crippen MR) is 70.0 cm³/mol. The Morgan fingerprint density at radius 1 is 1.25 bits per heavy atom. The summed E-state index contributed by atoms with van der Waals surface area (Å²) in [5, 5.41) is 0. The van der Waals surface area contributed by atoms with Gasteiger partial charge in [0.25, 0.3) is 0 Å². The van der Waals surface area contributed by atoms with Crippen LogP contribution in [0.25, 0.3) is 0 Å². The van der Waals surface area contributed by atoms with Gasteiger partial charge in [0.1, 0.15) is 5.75 Å². The minimum Gasteiger partial charge on any atom is -0.494 e. The lowest BCUT2D eigenvalue weighted by atomic mass is 9.99. The van der Waals surface area contributed by atoms with E-state index in [1.807, 2.05) is 42.1 Å². The van der Waals surface area contributed by atoms with Crippen molar-refractivity contribution in [1.82, 2.24) is 0 Å². The van der Waals surface area contributed by atoms with Gasteiger partial charge in [0.2, 0.25) is 0 Å². The van der Waals surface area contributed by atoms with Gasteiger partial charge in [-0.3, -0.25) is 0 Å². The Bertz CT molecular complexity index is 304. The molecule has 1 aliphatic rings. The highest BCUT2D eigenvalue weighted by Crippen LogP contribution is 2.26. The van der Waals surface area contributed by atoms with Gasteiger partial charge in [-0.2, -0.15) is 11.8 Å². The third-order valence-corrected chi connectivity index (χ3v) is 4.26. The van der Waals surface area contributed by atoms with Crippen molar-refractivity contribution in [1.29, 1.82) is 0 Å². The minimum atomic E-state index is 0.404. The second kappa shape index (κ2) is 6.16. The molecule has 2 unspecified atom stereocenters. The summed E-state index contributed by atoms with van der Waals surface area (Å²) in [6, 6.07) is 10.4. The van der Waals surface area contributed by atoms with E-state index in [4.69, 9.17) is 10.5 Å². The minimum absolute atomic E-state index is 0.404. The molecule has 88 valence electrons. The Kier molecular flexibility index (Phi) is 4.55. The third-order valence-electron chi connectivity index (χ3n) is 2.98. The molecule has 1 aromatic rings. The molecular formula is C13H19NOS. The zero-order valence-electron chi connectivity index (χ0n) is 9.47.